The molecule has 0 aromatic carbocycles. The van der Waals surface area contributed by atoms with Crippen LogP contribution in [-0.2, 0) is 18.2 Å². The molecule has 0 heterocycles. The van der Waals surface area contributed by atoms with E-state index in [9.17, 15) is 9.13 Å². The fourth-order valence-corrected chi connectivity index (χ4v) is 1.53. The molecule has 9 heteroatoms. The van der Waals surface area contributed by atoms with Crippen molar-refractivity contribution in [3.05, 3.63) is 0 Å². The van der Waals surface area contributed by atoms with Gasteiger partial charge in [-0.2, -0.15) is 0 Å². The van der Waals surface area contributed by atoms with Crippen LogP contribution < -0.4 is 5.73 Å². The van der Waals surface area contributed by atoms with Gasteiger partial charge in [0.25, 0.3) is 0 Å². The van der Waals surface area contributed by atoms with Crippen molar-refractivity contribution in [3.8, 4) is 0 Å². The van der Waals surface area contributed by atoms with Crippen LogP contribution in [0.4, 0.5) is 0 Å². The third-order valence-electron chi connectivity index (χ3n) is 1.11. The highest BCUT2D eigenvalue weighted by Gasteiger charge is 2.13. The van der Waals surface area contributed by atoms with Gasteiger partial charge in [-0.05, 0) is 13.0 Å². The van der Waals surface area contributed by atoms with Gasteiger partial charge < -0.3 is 15.5 Å². The quantitative estimate of drug-likeness (QED) is 0.413. The van der Waals surface area contributed by atoms with Crippen LogP contribution in [0.1, 0.15) is 12.8 Å². The first-order chi connectivity index (χ1) is 6.06. The molecule has 2 unspecified atom stereocenters. The number of rotatable bonds is 7. The molecule has 2 atom stereocenters. The molecule has 0 aliphatic heterocycles. The zero-order chi connectivity index (χ0) is 10.3. The van der Waals surface area contributed by atoms with E-state index in [0.29, 0.717) is 13.0 Å². The molecule has 4 N–H and O–H groups in total. The molecule has 0 aliphatic rings. The Labute approximate surface area is 76.7 Å². The van der Waals surface area contributed by atoms with Crippen molar-refractivity contribution < 1.29 is 28.0 Å². The lowest BCUT2D eigenvalue weighted by molar-refractivity contribution is -0.00445. The summed E-state index contributed by atoms with van der Waals surface area (Å²) in [6.07, 6.45) is -0.435. The van der Waals surface area contributed by atoms with E-state index in [-0.39, 0.29) is 6.42 Å². The van der Waals surface area contributed by atoms with Gasteiger partial charge in [0.2, 0.25) is 0 Å². The van der Waals surface area contributed by atoms with Gasteiger partial charge in [-0.3, -0.25) is 18.2 Å². The Kier molecular flexibility index (Phi) is 7.80. The Bertz CT molecular complexity index is 171. The van der Waals surface area contributed by atoms with Crippen molar-refractivity contribution >= 4 is 16.5 Å². The molecular formula is C4H13NO6P2. The van der Waals surface area contributed by atoms with Crippen molar-refractivity contribution in [1.29, 1.82) is 0 Å². The van der Waals surface area contributed by atoms with Gasteiger partial charge >= 0.3 is 16.5 Å². The summed E-state index contributed by atoms with van der Waals surface area (Å²) < 4.78 is 29.2. The highest BCUT2D eigenvalue weighted by molar-refractivity contribution is 7.32. The zero-order valence-electron chi connectivity index (χ0n) is 6.80. The number of hydrogen-bond donors (Lipinski definition) is 3. The summed E-state index contributed by atoms with van der Waals surface area (Å²) in [6, 6.07) is 0. The molecule has 0 amide bonds. The minimum absolute atomic E-state index is 0.213. The maximum Gasteiger partial charge on any atom is 0.318 e. The molecule has 0 spiro atoms. The smallest absolute Gasteiger partial charge is 0.318 e. The molecular weight excluding hydrogens is 220 g/mol. The molecule has 0 aromatic rings. The Morgan fingerprint density at radius 2 is 1.69 bits per heavy atom. The topological polar surface area (TPSA) is 119 Å². The second-order valence-electron chi connectivity index (χ2n) is 2.13. The largest absolute Gasteiger partial charge is 0.330 e. The molecule has 80 valence electrons. The van der Waals surface area contributed by atoms with Gasteiger partial charge in [-0.25, -0.2) is 0 Å². The molecule has 0 aliphatic carbocycles. The summed E-state index contributed by atoms with van der Waals surface area (Å²) in [5, 5.41) is 0. The normalized spacial score (nSPS) is 18.1. The minimum Gasteiger partial charge on any atom is -0.330 e. The Balaban J connectivity index is 3.87. The van der Waals surface area contributed by atoms with Gasteiger partial charge in [-0.1, -0.05) is 0 Å². The SMILES string of the molecule is NCCCC(O[PH](=O)O)O[PH](=O)O. The van der Waals surface area contributed by atoms with Gasteiger partial charge in [-0.15, -0.1) is 0 Å². The van der Waals surface area contributed by atoms with E-state index in [2.05, 4.69) is 9.05 Å². The van der Waals surface area contributed by atoms with E-state index in [1.165, 1.54) is 0 Å². The van der Waals surface area contributed by atoms with E-state index in [4.69, 9.17) is 15.5 Å². The zero-order valence-corrected chi connectivity index (χ0v) is 8.80. The fraction of sp³-hybridized carbons (Fsp3) is 1.00. The number of hydrogen-bond acceptors (Lipinski definition) is 5. The van der Waals surface area contributed by atoms with E-state index < -0.39 is 22.8 Å². The Hall–Kier alpha value is 0.260. The maximum atomic E-state index is 10.2. The molecule has 0 radical (unpaired) electrons. The highest BCUT2D eigenvalue weighted by atomic mass is 31.1. The average Bonchev–Trinajstić information content (AvgIpc) is 1.98. The van der Waals surface area contributed by atoms with Crippen LogP contribution in [-0.4, -0.2) is 22.6 Å². The first kappa shape index (κ1) is 13.3. The lowest BCUT2D eigenvalue weighted by Gasteiger charge is -2.13. The molecule has 7 nitrogen and oxygen atoms in total. The summed E-state index contributed by atoms with van der Waals surface area (Å²) in [5.41, 5.74) is 5.16. The summed E-state index contributed by atoms with van der Waals surface area (Å²) >= 11 is 0. The molecule has 0 aromatic heterocycles. The molecule has 0 saturated carbocycles. The average molecular weight is 233 g/mol. The van der Waals surface area contributed by atoms with Gasteiger partial charge in [0.05, 0.1) is 0 Å². The summed E-state index contributed by atoms with van der Waals surface area (Å²) in [5.74, 6) is 0. The van der Waals surface area contributed by atoms with Gasteiger partial charge in [0.15, 0.2) is 6.29 Å². The number of nitrogens with two attached hydrogens (primary N) is 1. The molecule has 0 rings (SSSR count). The maximum absolute atomic E-state index is 10.2. The van der Waals surface area contributed by atoms with Crippen LogP contribution in [0, 0.1) is 0 Å². The van der Waals surface area contributed by atoms with E-state index in [0.717, 1.165) is 0 Å². The molecule has 0 fully saturated rings. The van der Waals surface area contributed by atoms with Crippen molar-refractivity contribution in [2.75, 3.05) is 6.54 Å². The third kappa shape index (κ3) is 8.59. The lowest BCUT2D eigenvalue weighted by Crippen LogP contribution is -2.12. The third-order valence-corrected chi connectivity index (χ3v) is 2.04. The van der Waals surface area contributed by atoms with Crippen LogP contribution in [0.15, 0.2) is 0 Å². The Morgan fingerprint density at radius 1 is 1.23 bits per heavy atom. The van der Waals surface area contributed by atoms with E-state index in [1.807, 2.05) is 0 Å². The first-order valence-electron chi connectivity index (χ1n) is 3.55. The molecule has 13 heavy (non-hydrogen) atoms. The summed E-state index contributed by atoms with van der Waals surface area (Å²) in [4.78, 5) is 16.8. The van der Waals surface area contributed by atoms with Crippen LogP contribution in [0.3, 0.4) is 0 Å². The predicted molar refractivity (Wildman–Crippen MR) is 46.7 cm³/mol. The second-order valence-corrected chi connectivity index (χ2v) is 3.66. The Morgan fingerprint density at radius 3 is 2.00 bits per heavy atom. The van der Waals surface area contributed by atoms with Crippen LogP contribution in [0.25, 0.3) is 0 Å². The fourth-order valence-electron chi connectivity index (χ4n) is 0.651. The van der Waals surface area contributed by atoms with Gasteiger partial charge in [0, 0.05) is 6.42 Å². The standard InChI is InChI=1S/C4H13NO6P2/c5-3-1-2-4(10-12(6)7)11-13(8)9/h4,12-13H,1-3,5H2,(H,6,7)(H,8,9). The van der Waals surface area contributed by atoms with Crippen LogP contribution >= 0.6 is 16.5 Å². The summed E-state index contributed by atoms with van der Waals surface area (Å²) in [6.45, 7) is 0.349. The second kappa shape index (κ2) is 7.64. The van der Waals surface area contributed by atoms with Crippen molar-refractivity contribution in [2.24, 2.45) is 5.73 Å². The van der Waals surface area contributed by atoms with Crippen molar-refractivity contribution in [2.45, 2.75) is 19.1 Å². The minimum atomic E-state index is -3.16. The van der Waals surface area contributed by atoms with Crippen LogP contribution in [0.2, 0.25) is 0 Å². The molecule has 0 saturated heterocycles. The monoisotopic (exact) mass is 233 g/mol. The van der Waals surface area contributed by atoms with E-state index in [1.54, 1.807) is 0 Å². The van der Waals surface area contributed by atoms with Gasteiger partial charge in [0.1, 0.15) is 0 Å². The van der Waals surface area contributed by atoms with Crippen molar-refractivity contribution in [1.82, 2.24) is 0 Å². The van der Waals surface area contributed by atoms with Crippen LogP contribution in [0.5, 0.6) is 0 Å². The first-order valence-corrected chi connectivity index (χ1v) is 6.08. The summed E-state index contributed by atoms with van der Waals surface area (Å²) in [7, 11) is -6.32. The highest BCUT2D eigenvalue weighted by Crippen LogP contribution is 2.28. The predicted octanol–water partition coefficient (Wildman–Crippen LogP) is -0.151. The van der Waals surface area contributed by atoms with E-state index >= 15 is 0 Å². The van der Waals surface area contributed by atoms with Crippen molar-refractivity contribution in [3.63, 3.8) is 0 Å². The molecule has 0 bridgehead atoms. The lowest BCUT2D eigenvalue weighted by atomic mass is 10.3.